The molecule has 1 aliphatic carbocycles. The summed E-state index contributed by atoms with van der Waals surface area (Å²) in [5.41, 5.74) is 1.08. The monoisotopic (exact) mass is 310 g/mol. The first-order chi connectivity index (χ1) is 9.98. The summed E-state index contributed by atoms with van der Waals surface area (Å²) in [6.45, 7) is 7.38. The van der Waals surface area contributed by atoms with E-state index in [0.29, 0.717) is 11.1 Å². The van der Waals surface area contributed by atoms with Crippen LogP contribution in [0.2, 0.25) is 5.02 Å². The minimum absolute atomic E-state index is 0.185. The van der Waals surface area contributed by atoms with Gasteiger partial charge in [-0.3, -0.25) is 4.90 Å². The third-order valence-corrected chi connectivity index (χ3v) is 5.47. The molecule has 1 saturated heterocycles. The third kappa shape index (κ3) is 3.41. The Morgan fingerprint density at radius 2 is 2.14 bits per heavy atom. The van der Waals surface area contributed by atoms with Gasteiger partial charge in [0.05, 0.1) is 0 Å². The molecule has 0 radical (unpaired) electrons. The molecule has 4 heteroatoms. The Balaban J connectivity index is 1.79. The van der Waals surface area contributed by atoms with E-state index >= 15 is 0 Å². The highest BCUT2D eigenvalue weighted by molar-refractivity contribution is 6.31. The molecule has 0 aromatic heterocycles. The second-order valence-electron chi connectivity index (χ2n) is 6.90. The summed E-state index contributed by atoms with van der Waals surface area (Å²) in [4.78, 5) is 2.46. The fourth-order valence-electron chi connectivity index (χ4n) is 3.47. The Kier molecular flexibility index (Phi) is 4.26. The largest absolute Gasteiger partial charge is 0.310 e. The minimum Gasteiger partial charge on any atom is -0.310 e. The maximum absolute atomic E-state index is 13.5. The van der Waals surface area contributed by atoms with E-state index in [4.69, 9.17) is 11.6 Å². The molecular formula is C17H24ClFN2. The predicted octanol–water partition coefficient (Wildman–Crippen LogP) is 3.83. The second kappa shape index (κ2) is 5.86. The lowest BCUT2D eigenvalue weighted by atomic mass is 9.95. The molecule has 1 heterocycles. The standard InChI is InChI=1S/C17H24ClFN2/c1-12-7-8-20-17(2,14-3-4-14)11-21(12)10-13-9-15(19)5-6-16(13)18/h5-6,9,12,14,20H,3-4,7-8,10-11H2,1-2H3. The highest BCUT2D eigenvalue weighted by Gasteiger charge is 2.43. The molecule has 1 aliphatic heterocycles. The van der Waals surface area contributed by atoms with E-state index in [2.05, 4.69) is 24.1 Å². The van der Waals surface area contributed by atoms with Crippen LogP contribution in [0.4, 0.5) is 4.39 Å². The number of benzene rings is 1. The topological polar surface area (TPSA) is 15.3 Å². The van der Waals surface area contributed by atoms with E-state index in [1.165, 1.54) is 18.9 Å². The quantitative estimate of drug-likeness (QED) is 0.912. The molecule has 1 aromatic carbocycles. The normalized spacial score (nSPS) is 31.1. The Morgan fingerprint density at radius 1 is 1.38 bits per heavy atom. The van der Waals surface area contributed by atoms with Crippen molar-refractivity contribution in [1.29, 1.82) is 0 Å². The van der Waals surface area contributed by atoms with Crippen molar-refractivity contribution < 1.29 is 4.39 Å². The SMILES string of the molecule is CC1CCNC(C)(C2CC2)CN1Cc1cc(F)ccc1Cl. The zero-order valence-corrected chi connectivity index (χ0v) is 13.6. The van der Waals surface area contributed by atoms with E-state index < -0.39 is 0 Å². The van der Waals surface area contributed by atoms with Crippen LogP contribution in [0.1, 0.15) is 38.7 Å². The van der Waals surface area contributed by atoms with Crippen LogP contribution in [0.25, 0.3) is 0 Å². The van der Waals surface area contributed by atoms with Gasteiger partial charge < -0.3 is 5.32 Å². The average Bonchev–Trinajstić information content (AvgIpc) is 3.26. The van der Waals surface area contributed by atoms with Crippen molar-refractivity contribution >= 4 is 11.6 Å². The molecule has 1 aromatic rings. The van der Waals surface area contributed by atoms with Crippen molar-refractivity contribution in [3.63, 3.8) is 0 Å². The van der Waals surface area contributed by atoms with Gasteiger partial charge in [-0.15, -0.1) is 0 Å². The van der Waals surface area contributed by atoms with Crippen LogP contribution in [0.15, 0.2) is 18.2 Å². The summed E-state index contributed by atoms with van der Waals surface area (Å²) >= 11 is 6.24. The highest BCUT2D eigenvalue weighted by Crippen LogP contribution is 2.41. The summed E-state index contributed by atoms with van der Waals surface area (Å²) in [6.07, 6.45) is 3.77. The number of hydrogen-bond acceptors (Lipinski definition) is 2. The van der Waals surface area contributed by atoms with Gasteiger partial charge in [0, 0.05) is 29.7 Å². The van der Waals surface area contributed by atoms with Gasteiger partial charge in [0.15, 0.2) is 0 Å². The summed E-state index contributed by atoms with van der Waals surface area (Å²) in [5, 5.41) is 4.40. The fourth-order valence-corrected chi connectivity index (χ4v) is 3.65. The van der Waals surface area contributed by atoms with Crippen molar-refractivity contribution in [2.75, 3.05) is 13.1 Å². The van der Waals surface area contributed by atoms with Crippen molar-refractivity contribution in [3.8, 4) is 0 Å². The Hall–Kier alpha value is -0.640. The van der Waals surface area contributed by atoms with Crippen molar-refractivity contribution in [2.24, 2.45) is 5.92 Å². The van der Waals surface area contributed by atoms with Crippen LogP contribution in [-0.2, 0) is 6.54 Å². The second-order valence-corrected chi connectivity index (χ2v) is 7.30. The van der Waals surface area contributed by atoms with Crippen LogP contribution in [0.3, 0.4) is 0 Å². The predicted molar refractivity (Wildman–Crippen MR) is 85.0 cm³/mol. The smallest absolute Gasteiger partial charge is 0.123 e. The van der Waals surface area contributed by atoms with Gasteiger partial charge in [-0.2, -0.15) is 0 Å². The van der Waals surface area contributed by atoms with E-state index in [-0.39, 0.29) is 11.4 Å². The first-order valence-corrected chi connectivity index (χ1v) is 8.29. The lowest BCUT2D eigenvalue weighted by Gasteiger charge is -2.36. The van der Waals surface area contributed by atoms with Crippen molar-refractivity contribution in [1.82, 2.24) is 10.2 Å². The number of nitrogens with zero attached hydrogens (tertiary/aromatic N) is 1. The summed E-state index contributed by atoms with van der Waals surface area (Å²) in [7, 11) is 0. The molecule has 0 amide bonds. The molecule has 2 nitrogen and oxygen atoms in total. The van der Waals surface area contributed by atoms with Crippen LogP contribution >= 0.6 is 11.6 Å². The average molecular weight is 311 g/mol. The number of hydrogen-bond donors (Lipinski definition) is 1. The van der Waals surface area contributed by atoms with Crippen LogP contribution in [0.5, 0.6) is 0 Å². The number of nitrogens with one attached hydrogen (secondary N) is 1. The zero-order valence-electron chi connectivity index (χ0n) is 12.8. The number of rotatable bonds is 3. The fraction of sp³-hybridized carbons (Fsp3) is 0.647. The van der Waals surface area contributed by atoms with E-state index in [1.54, 1.807) is 12.1 Å². The minimum atomic E-state index is -0.208. The summed E-state index contributed by atoms with van der Waals surface area (Å²) in [5.74, 6) is 0.577. The molecule has 0 bridgehead atoms. The molecule has 3 rings (SSSR count). The van der Waals surface area contributed by atoms with Gasteiger partial charge in [0.1, 0.15) is 5.82 Å². The molecule has 1 N–H and O–H groups in total. The zero-order chi connectivity index (χ0) is 15.0. The van der Waals surface area contributed by atoms with Crippen LogP contribution in [-0.4, -0.2) is 29.6 Å². The van der Waals surface area contributed by atoms with Gasteiger partial charge in [0.2, 0.25) is 0 Å². The maximum Gasteiger partial charge on any atom is 0.123 e. The molecule has 21 heavy (non-hydrogen) atoms. The lowest BCUT2D eigenvalue weighted by Crippen LogP contribution is -2.51. The van der Waals surface area contributed by atoms with Gasteiger partial charge in [0.25, 0.3) is 0 Å². The van der Waals surface area contributed by atoms with Crippen molar-refractivity contribution in [3.05, 3.63) is 34.6 Å². The van der Waals surface area contributed by atoms with Gasteiger partial charge >= 0.3 is 0 Å². The molecule has 2 fully saturated rings. The molecule has 1 saturated carbocycles. The van der Waals surface area contributed by atoms with Gasteiger partial charge in [-0.1, -0.05) is 11.6 Å². The van der Waals surface area contributed by atoms with E-state index in [9.17, 15) is 4.39 Å². The Morgan fingerprint density at radius 3 is 2.86 bits per heavy atom. The molecule has 2 atom stereocenters. The summed E-state index contributed by atoms with van der Waals surface area (Å²) in [6, 6.07) is 5.14. The van der Waals surface area contributed by atoms with E-state index in [1.807, 2.05) is 0 Å². The van der Waals surface area contributed by atoms with Crippen LogP contribution in [0, 0.1) is 11.7 Å². The first-order valence-electron chi connectivity index (χ1n) is 7.91. The third-order valence-electron chi connectivity index (χ3n) is 5.11. The Labute approximate surface area is 131 Å². The highest BCUT2D eigenvalue weighted by atomic mass is 35.5. The van der Waals surface area contributed by atoms with Crippen LogP contribution < -0.4 is 5.32 Å². The first kappa shape index (κ1) is 15.3. The molecule has 2 aliphatic rings. The lowest BCUT2D eigenvalue weighted by molar-refractivity contribution is 0.154. The molecular weight excluding hydrogens is 287 g/mol. The van der Waals surface area contributed by atoms with Crippen molar-refractivity contribution in [2.45, 2.75) is 51.2 Å². The molecule has 2 unspecified atom stereocenters. The summed E-state index contributed by atoms with van der Waals surface area (Å²) < 4.78 is 13.5. The maximum atomic E-state index is 13.5. The van der Waals surface area contributed by atoms with E-state index in [0.717, 1.165) is 37.5 Å². The number of halogens is 2. The molecule has 0 spiro atoms. The Bertz CT molecular complexity index is 518. The van der Waals surface area contributed by atoms with Gasteiger partial charge in [-0.25, -0.2) is 4.39 Å². The molecule has 116 valence electrons. The van der Waals surface area contributed by atoms with Gasteiger partial charge in [-0.05, 0) is 69.3 Å².